The van der Waals surface area contributed by atoms with Gasteiger partial charge >= 0.3 is 0 Å². The third-order valence-corrected chi connectivity index (χ3v) is 3.19. The molecule has 4 heteroatoms. The van der Waals surface area contributed by atoms with E-state index in [-0.39, 0.29) is 11.3 Å². The van der Waals surface area contributed by atoms with Crippen LogP contribution < -0.4 is 4.74 Å². The predicted octanol–water partition coefficient (Wildman–Crippen LogP) is 5.18. The molecule has 0 aliphatic carbocycles. The van der Waals surface area contributed by atoms with Crippen LogP contribution in [0.25, 0.3) is 11.1 Å². The molecule has 0 radical (unpaired) electrons. The molecule has 2 rings (SSSR count). The Bertz CT molecular complexity index is 567. The van der Waals surface area contributed by atoms with Crippen molar-refractivity contribution in [1.82, 2.24) is 0 Å². The highest BCUT2D eigenvalue weighted by Gasteiger charge is 2.15. The summed E-state index contributed by atoms with van der Waals surface area (Å²) in [5.41, 5.74) is 0.857. The van der Waals surface area contributed by atoms with Crippen LogP contribution in [-0.4, -0.2) is 6.61 Å². The number of ether oxygens (including phenoxy) is 1. The van der Waals surface area contributed by atoms with Crippen LogP contribution in [-0.2, 0) is 0 Å². The van der Waals surface area contributed by atoms with Crippen LogP contribution in [0.4, 0.5) is 8.78 Å². The van der Waals surface area contributed by atoms with Crippen LogP contribution in [0.5, 0.6) is 5.75 Å². The zero-order valence-corrected chi connectivity index (χ0v) is 12.0. The Morgan fingerprint density at radius 3 is 2.32 bits per heavy atom. The largest absolute Gasteiger partial charge is 0.490 e. The fourth-order valence-electron chi connectivity index (χ4n) is 1.71. The van der Waals surface area contributed by atoms with Gasteiger partial charge in [-0.3, -0.25) is 0 Å². The molecule has 1 nitrogen and oxygen atoms in total. The van der Waals surface area contributed by atoms with Crippen LogP contribution >= 0.6 is 15.9 Å². The molecule has 0 N–H and O–H groups in total. The summed E-state index contributed by atoms with van der Waals surface area (Å²) >= 11 is 3.30. The van der Waals surface area contributed by atoms with Crippen molar-refractivity contribution in [2.45, 2.75) is 13.3 Å². The second-order valence-corrected chi connectivity index (χ2v) is 5.01. The molecule has 0 amide bonds. The van der Waals surface area contributed by atoms with Gasteiger partial charge in [-0.1, -0.05) is 35.0 Å². The quantitative estimate of drug-likeness (QED) is 0.751. The van der Waals surface area contributed by atoms with E-state index in [9.17, 15) is 8.78 Å². The van der Waals surface area contributed by atoms with Crippen molar-refractivity contribution in [1.29, 1.82) is 0 Å². The van der Waals surface area contributed by atoms with E-state index in [4.69, 9.17) is 4.74 Å². The second kappa shape index (κ2) is 6.15. The molecule has 100 valence electrons. The lowest BCUT2D eigenvalue weighted by Gasteiger charge is -2.09. The minimum Gasteiger partial charge on any atom is -0.490 e. The van der Waals surface area contributed by atoms with Gasteiger partial charge in [0.05, 0.1) is 6.61 Å². The molecular weight excluding hydrogens is 314 g/mol. The normalized spacial score (nSPS) is 10.5. The maximum Gasteiger partial charge on any atom is 0.201 e. The first-order valence-electron chi connectivity index (χ1n) is 6.00. The monoisotopic (exact) mass is 326 g/mol. The van der Waals surface area contributed by atoms with Crippen LogP contribution in [0, 0.1) is 11.6 Å². The van der Waals surface area contributed by atoms with E-state index in [1.807, 2.05) is 6.92 Å². The van der Waals surface area contributed by atoms with Crippen molar-refractivity contribution in [3.63, 3.8) is 0 Å². The first-order valence-corrected chi connectivity index (χ1v) is 6.79. The van der Waals surface area contributed by atoms with Gasteiger partial charge in [-0.05, 0) is 36.2 Å². The number of hydrogen-bond donors (Lipinski definition) is 0. The Labute approximate surface area is 119 Å². The molecule has 0 heterocycles. The van der Waals surface area contributed by atoms with Crippen molar-refractivity contribution in [2.24, 2.45) is 0 Å². The summed E-state index contributed by atoms with van der Waals surface area (Å²) in [5, 5.41) is 0. The summed E-state index contributed by atoms with van der Waals surface area (Å²) in [6.07, 6.45) is 0.746. The first-order chi connectivity index (χ1) is 9.13. The van der Waals surface area contributed by atoms with E-state index in [2.05, 4.69) is 15.9 Å². The van der Waals surface area contributed by atoms with E-state index in [1.54, 1.807) is 24.3 Å². The van der Waals surface area contributed by atoms with Gasteiger partial charge in [0.1, 0.15) is 0 Å². The highest BCUT2D eigenvalue weighted by Crippen LogP contribution is 2.30. The molecule has 0 aliphatic heterocycles. The minimum atomic E-state index is -0.936. The average Bonchev–Trinajstić information content (AvgIpc) is 2.42. The highest BCUT2D eigenvalue weighted by molar-refractivity contribution is 9.10. The van der Waals surface area contributed by atoms with Gasteiger partial charge in [0.2, 0.25) is 5.82 Å². The topological polar surface area (TPSA) is 9.23 Å². The fraction of sp³-hybridized carbons (Fsp3) is 0.200. The third-order valence-electron chi connectivity index (χ3n) is 2.66. The summed E-state index contributed by atoms with van der Waals surface area (Å²) in [6, 6.07) is 10.0. The van der Waals surface area contributed by atoms with E-state index in [1.165, 1.54) is 12.1 Å². The maximum absolute atomic E-state index is 14.0. The van der Waals surface area contributed by atoms with Gasteiger partial charge in [-0.25, -0.2) is 4.39 Å². The van der Waals surface area contributed by atoms with Crippen molar-refractivity contribution < 1.29 is 13.5 Å². The Morgan fingerprint density at radius 2 is 1.68 bits per heavy atom. The van der Waals surface area contributed by atoms with Crippen molar-refractivity contribution in [3.8, 4) is 16.9 Å². The number of rotatable bonds is 4. The predicted molar refractivity (Wildman–Crippen MR) is 75.3 cm³/mol. The molecule has 0 bridgehead atoms. The molecule has 0 aliphatic rings. The van der Waals surface area contributed by atoms with Gasteiger partial charge in [-0.2, -0.15) is 4.39 Å². The first kappa shape index (κ1) is 14.0. The number of benzene rings is 2. The van der Waals surface area contributed by atoms with Crippen molar-refractivity contribution >= 4 is 15.9 Å². The molecule has 0 fully saturated rings. The van der Waals surface area contributed by atoms with Gasteiger partial charge in [-0.15, -0.1) is 0 Å². The molecule has 0 saturated heterocycles. The SMILES string of the molecule is CCCOc1ccc(-c2ccc(Br)cc2)c(F)c1F. The van der Waals surface area contributed by atoms with Crippen LogP contribution in [0.2, 0.25) is 0 Å². The third kappa shape index (κ3) is 3.13. The van der Waals surface area contributed by atoms with Crippen molar-refractivity contribution in [2.75, 3.05) is 6.61 Å². The molecule has 0 unspecified atom stereocenters. The average molecular weight is 327 g/mol. The van der Waals surface area contributed by atoms with Gasteiger partial charge < -0.3 is 4.74 Å². The Balaban J connectivity index is 2.38. The molecule has 2 aromatic rings. The molecule has 0 atom stereocenters. The fourth-order valence-corrected chi connectivity index (χ4v) is 1.97. The molecule has 0 saturated carbocycles. The maximum atomic E-state index is 14.0. The van der Waals surface area contributed by atoms with Gasteiger partial charge in [0, 0.05) is 10.0 Å². The van der Waals surface area contributed by atoms with Gasteiger partial charge in [0.25, 0.3) is 0 Å². The van der Waals surface area contributed by atoms with Crippen LogP contribution in [0.3, 0.4) is 0 Å². The summed E-state index contributed by atoms with van der Waals surface area (Å²) in [4.78, 5) is 0. The zero-order chi connectivity index (χ0) is 13.8. The molecule has 0 spiro atoms. The van der Waals surface area contributed by atoms with Crippen LogP contribution in [0.1, 0.15) is 13.3 Å². The number of halogens is 3. The molecule has 2 aromatic carbocycles. The Morgan fingerprint density at radius 1 is 1.00 bits per heavy atom. The summed E-state index contributed by atoms with van der Waals surface area (Å²) in [5.74, 6) is -1.86. The zero-order valence-electron chi connectivity index (χ0n) is 10.4. The Kier molecular flexibility index (Phi) is 4.53. The van der Waals surface area contributed by atoms with Gasteiger partial charge in [0.15, 0.2) is 11.6 Å². The van der Waals surface area contributed by atoms with E-state index in [0.717, 1.165) is 10.9 Å². The molecule has 0 aromatic heterocycles. The lowest BCUT2D eigenvalue weighted by Crippen LogP contribution is -2.00. The Hall–Kier alpha value is -1.42. The smallest absolute Gasteiger partial charge is 0.201 e. The standard InChI is InChI=1S/C15H13BrF2O/c1-2-9-19-13-8-7-12(14(17)15(13)18)10-3-5-11(16)6-4-10/h3-8H,2,9H2,1H3. The van der Waals surface area contributed by atoms with E-state index < -0.39 is 11.6 Å². The second-order valence-electron chi connectivity index (χ2n) is 4.09. The molecular formula is C15H13BrF2O. The lowest BCUT2D eigenvalue weighted by atomic mass is 10.0. The minimum absolute atomic E-state index is 0.0415. The van der Waals surface area contributed by atoms with E-state index in [0.29, 0.717) is 12.2 Å². The van der Waals surface area contributed by atoms with Crippen LogP contribution in [0.15, 0.2) is 40.9 Å². The highest BCUT2D eigenvalue weighted by atomic mass is 79.9. The summed E-state index contributed by atoms with van der Waals surface area (Å²) in [7, 11) is 0. The van der Waals surface area contributed by atoms with E-state index >= 15 is 0 Å². The summed E-state index contributed by atoms with van der Waals surface area (Å²) in [6.45, 7) is 2.28. The molecule has 19 heavy (non-hydrogen) atoms. The lowest BCUT2D eigenvalue weighted by molar-refractivity contribution is 0.295. The summed E-state index contributed by atoms with van der Waals surface area (Å²) < 4.78 is 33.9. The van der Waals surface area contributed by atoms with Crippen molar-refractivity contribution in [3.05, 3.63) is 52.5 Å². The number of hydrogen-bond acceptors (Lipinski definition) is 1.